The summed E-state index contributed by atoms with van der Waals surface area (Å²) in [6.07, 6.45) is -2.99. The van der Waals surface area contributed by atoms with Crippen molar-refractivity contribution in [3.63, 3.8) is 0 Å². The van der Waals surface area contributed by atoms with E-state index in [1.165, 1.54) is 0 Å². The molecule has 0 amide bonds. The van der Waals surface area contributed by atoms with Gasteiger partial charge >= 0.3 is 0 Å². The standard InChI is InChI=1S/C64H128Si11/c1-57(2,3)69(37,58(4,5)6)73-47-56(50-43-53(67(31,32)33)46-54(44-50)68(34,35)36)74(70(38,59(7,8)9)60(10,11)12,48-55(73)49-41-51(65(25,26)27)45-52(42-49)66(28,29)30)75(73,71(39,61(13,14)15)62(16,17)18)72(40,63(19,20)21)64(22,23)24/h41-48H,1-40H3. The topological polar surface area (TPSA) is 0 Å². The third kappa shape index (κ3) is 9.31. The van der Waals surface area contributed by atoms with E-state index in [2.05, 4.69) is 329 Å². The van der Waals surface area contributed by atoms with Crippen LogP contribution in [-0.2, 0) is 0 Å². The van der Waals surface area contributed by atoms with Gasteiger partial charge in [-0.05, 0) is 51.4 Å². The smallest absolute Gasteiger partial charge is 0.0904 e. The molecule has 2 atom stereocenters. The molecule has 0 saturated carbocycles. The Labute approximate surface area is 480 Å². The van der Waals surface area contributed by atoms with E-state index in [1.807, 2.05) is 0 Å². The summed E-state index contributed by atoms with van der Waals surface area (Å²) < 4.78 is 0. The van der Waals surface area contributed by atoms with Gasteiger partial charge in [-0.2, -0.15) is 0 Å². The zero-order valence-electron chi connectivity index (χ0n) is 58.1. The Kier molecular flexibility index (Phi) is 16.9. The van der Waals surface area contributed by atoms with Crippen LogP contribution in [0, 0.1) is 0 Å². The van der Waals surface area contributed by atoms with Gasteiger partial charge in [0.05, 0.1) is 67.8 Å². The molecule has 0 saturated heterocycles. The van der Waals surface area contributed by atoms with Crippen LogP contribution >= 0.6 is 0 Å². The molecule has 75 heavy (non-hydrogen) atoms. The Balaban J connectivity index is 3.09. The molecule has 2 aliphatic rings. The minimum absolute atomic E-state index is 0.129. The lowest BCUT2D eigenvalue weighted by Gasteiger charge is -2.81. The summed E-state index contributed by atoms with van der Waals surface area (Å²) >= 11 is 0. The second kappa shape index (κ2) is 18.7. The highest BCUT2D eigenvalue weighted by molar-refractivity contribution is 8.25. The number of benzene rings is 2. The van der Waals surface area contributed by atoms with E-state index in [4.69, 9.17) is 0 Å². The first kappa shape index (κ1) is 67.8. The lowest BCUT2D eigenvalue weighted by atomic mass is 10.2. The van der Waals surface area contributed by atoms with Gasteiger partial charge in [-0.15, -0.1) is 0 Å². The van der Waals surface area contributed by atoms with Gasteiger partial charge < -0.3 is 0 Å². The van der Waals surface area contributed by atoms with Crippen LogP contribution in [0.25, 0.3) is 10.4 Å². The van der Waals surface area contributed by atoms with Crippen molar-refractivity contribution in [3.8, 4) is 0 Å². The van der Waals surface area contributed by atoms with Crippen LogP contribution in [0.4, 0.5) is 0 Å². The minimum atomic E-state index is -3.04. The third-order valence-electron chi connectivity index (χ3n) is 23.8. The quantitative estimate of drug-likeness (QED) is 0.208. The number of hydrogen-bond donors (Lipinski definition) is 0. The van der Waals surface area contributed by atoms with Gasteiger partial charge in [0.15, 0.2) is 0 Å². The minimum Gasteiger partial charge on any atom is -0.0950 e. The summed E-state index contributed by atoms with van der Waals surface area (Å²) in [4.78, 5) is 0. The molecule has 428 valence electrons. The van der Waals surface area contributed by atoms with Crippen molar-refractivity contribution in [2.45, 2.75) is 311 Å². The molecular weight excluding hydrogens is 1080 g/mol. The summed E-state index contributed by atoms with van der Waals surface area (Å²) in [5.41, 5.74) is 10.7. The molecule has 2 unspecified atom stereocenters. The molecule has 11 heteroatoms. The first-order chi connectivity index (χ1) is 32.3. The van der Waals surface area contributed by atoms with E-state index < -0.39 is 83.0 Å². The molecule has 2 bridgehead atoms. The SMILES string of the molecule is CC(C)(C)[Si](C)(C(C)(C)C)[Si]12C=C(c3cc([Si](C)(C)C)cc([Si](C)(C)C)c3)[Si]([Si](C)(C(C)(C)C)C(C)(C)C)(C=C1c1cc([Si](C)(C)C)cc([Si](C)(C)C)c1)[Si]2([Si](C)(C(C)(C)C)C(C)(C)C)[Si](C)(C(C)(C)C)C(C)(C)C. The molecule has 2 heterocycles. The average molecular weight is 1210 g/mol. The van der Waals surface area contributed by atoms with Crippen molar-refractivity contribution in [2.75, 3.05) is 0 Å². The average Bonchev–Trinajstić information content (AvgIpc) is 3.58. The highest BCUT2D eigenvalue weighted by Gasteiger charge is 2.97. The van der Waals surface area contributed by atoms with E-state index in [0.717, 1.165) is 0 Å². The molecule has 2 aliphatic heterocycles. The summed E-state index contributed by atoms with van der Waals surface area (Å²) in [5, 5.41) is 12.1. The maximum Gasteiger partial charge on any atom is 0.0904 e. The van der Waals surface area contributed by atoms with Gasteiger partial charge in [-0.3, -0.25) is 0 Å². The van der Waals surface area contributed by atoms with Crippen LogP contribution in [0.2, 0.25) is 145 Å². The van der Waals surface area contributed by atoms with Crippen molar-refractivity contribution in [2.24, 2.45) is 0 Å². The Morgan fingerprint density at radius 2 is 0.400 bits per heavy atom. The molecule has 0 nitrogen and oxygen atoms in total. The van der Waals surface area contributed by atoms with E-state index in [-0.39, 0.29) is 40.3 Å². The molecule has 0 radical (unpaired) electrons. The highest BCUT2D eigenvalue weighted by atomic mass is 30.3. The van der Waals surface area contributed by atoms with E-state index >= 15 is 0 Å². The van der Waals surface area contributed by atoms with Crippen LogP contribution in [0.1, 0.15) is 177 Å². The van der Waals surface area contributed by atoms with Crippen LogP contribution < -0.4 is 20.7 Å². The molecule has 2 aromatic rings. The molecule has 0 fully saturated rings. The Morgan fingerprint density at radius 3 is 0.533 bits per heavy atom. The van der Waals surface area contributed by atoms with Crippen LogP contribution in [-0.4, -0.2) is 83.0 Å². The lowest BCUT2D eigenvalue weighted by Crippen LogP contribution is -3.05. The summed E-state index contributed by atoms with van der Waals surface area (Å²) in [6, 6.07) is 17.4. The zero-order chi connectivity index (χ0) is 59.8. The second-order valence-electron chi connectivity index (χ2n) is 38.6. The van der Waals surface area contributed by atoms with Gasteiger partial charge in [-0.25, -0.2) is 0 Å². The predicted molar refractivity (Wildman–Crippen MR) is 382 cm³/mol. The first-order valence-electron chi connectivity index (χ1n) is 30.1. The van der Waals surface area contributed by atoms with E-state index in [9.17, 15) is 0 Å². The summed E-state index contributed by atoms with van der Waals surface area (Å²) in [5.74, 6) is 0. The molecule has 0 spiro atoms. The second-order valence-corrected chi connectivity index (χ2v) is 129. The van der Waals surface area contributed by atoms with Crippen molar-refractivity contribution >= 4 is 114 Å². The maximum atomic E-state index is 3.63. The highest BCUT2D eigenvalue weighted by Crippen LogP contribution is 2.82. The molecule has 4 rings (SSSR count). The number of hydrogen-bond acceptors (Lipinski definition) is 0. The van der Waals surface area contributed by atoms with Crippen LogP contribution in [0.15, 0.2) is 47.8 Å². The van der Waals surface area contributed by atoms with Gasteiger partial charge in [-0.1, -0.05) is 350 Å². The van der Waals surface area contributed by atoms with Crippen molar-refractivity contribution < 1.29 is 0 Å². The number of rotatable bonds is 10. The molecular formula is C64H128Si11. The fourth-order valence-electron chi connectivity index (χ4n) is 18.4. The monoisotopic (exact) mass is 1200 g/mol. The van der Waals surface area contributed by atoms with Crippen LogP contribution in [0.5, 0.6) is 0 Å². The van der Waals surface area contributed by atoms with Gasteiger partial charge in [0.1, 0.15) is 0 Å². The zero-order valence-corrected chi connectivity index (χ0v) is 69.1. The van der Waals surface area contributed by atoms with Crippen molar-refractivity contribution in [1.82, 2.24) is 0 Å². The maximum absolute atomic E-state index is 3.63. The summed E-state index contributed by atoms with van der Waals surface area (Å²) in [7, 11) is -24.0. The van der Waals surface area contributed by atoms with E-state index in [0.29, 0.717) is 0 Å². The largest absolute Gasteiger partial charge is 0.0950 e. The lowest BCUT2D eigenvalue weighted by molar-refractivity contribution is 0.623. The Hall–Kier alpha value is 0.306. The molecule has 0 aliphatic carbocycles. The van der Waals surface area contributed by atoms with Gasteiger partial charge in [0.2, 0.25) is 0 Å². The summed E-state index contributed by atoms with van der Waals surface area (Å²) in [6.45, 7) is 114. The Morgan fingerprint density at radius 1 is 0.240 bits per heavy atom. The van der Waals surface area contributed by atoms with Crippen molar-refractivity contribution in [1.29, 1.82) is 0 Å². The molecule has 0 aromatic heterocycles. The fourth-order valence-corrected chi connectivity index (χ4v) is 323. The fraction of sp³-hybridized carbons (Fsp3) is 0.750. The van der Waals surface area contributed by atoms with Crippen molar-refractivity contribution in [3.05, 3.63) is 58.9 Å². The van der Waals surface area contributed by atoms with Crippen LogP contribution in [0.3, 0.4) is 0 Å². The first-order valence-corrected chi connectivity index (χ1v) is 66.3. The predicted octanol–water partition coefficient (Wildman–Crippen LogP) is 20.1. The number of fused-ring (bicyclic) bond motifs is 2. The molecule has 2 aromatic carbocycles. The molecule has 0 N–H and O–H groups in total. The normalized spacial score (nSPS) is 21.7. The Bertz CT molecular complexity index is 2260. The third-order valence-corrected chi connectivity index (χ3v) is 195. The van der Waals surface area contributed by atoms with Gasteiger partial charge in [0, 0.05) is 15.2 Å². The van der Waals surface area contributed by atoms with E-state index in [1.54, 1.807) is 31.9 Å². The van der Waals surface area contributed by atoms with Gasteiger partial charge in [0.25, 0.3) is 0 Å².